The third-order valence-electron chi connectivity index (χ3n) is 4.32. The first-order valence-electron chi connectivity index (χ1n) is 6.84. The van der Waals surface area contributed by atoms with E-state index in [0.29, 0.717) is 25.2 Å². The summed E-state index contributed by atoms with van der Waals surface area (Å²) in [5.41, 5.74) is 0. The van der Waals surface area contributed by atoms with E-state index in [9.17, 15) is 4.79 Å². The van der Waals surface area contributed by atoms with Crippen LogP contribution in [0.1, 0.15) is 33.1 Å². The maximum absolute atomic E-state index is 12.0. The zero-order valence-electron chi connectivity index (χ0n) is 10.9. The van der Waals surface area contributed by atoms with Gasteiger partial charge >= 0.3 is 0 Å². The molecule has 2 rings (SSSR count). The van der Waals surface area contributed by atoms with E-state index in [2.05, 4.69) is 24.5 Å². The molecule has 4 unspecified atom stereocenters. The van der Waals surface area contributed by atoms with Crippen LogP contribution in [0.5, 0.6) is 0 Å². The third-order valence-corrected chi connectivity index (χ3v) is 4.32. The van der Waals surface area contributed by atoms with Gasteiger partial charge < -0.3 is 15.4 Å². The van der Waals surface area contributed by atoms with Crippen LogP contribution in [0.2, 0.25) is 0 Å². The summed E-state index contributed by atoms with van der Waals surface area (Å²) in [6.45, 7) is 6.49. The van der Waals surface area contributed by atoms with E-state index in [1.165, 1.54) is 12.8 Å². The number of hydrogen-bond donors (Lipinski definition) is 2. The number of rotatable bonds is 3. The van der Waals surface area contributed by atoms with Gasteiger partial charge in [-0.1, -0.05) is 20.3 Å². The summed E-state index contributed by atoms with van der Waals surface area (Å²) in [6, 6.07) is 0.202. The highest BCUT2D eigenvalue weighted by atomic mass is 16.5. The first-order chi connectivity index (χ1) is 8.22. The summed E-state index contributed by atoms with van der Waals surface area (Å²) in [4.78, 5) is 12.0. The molecule has 4 atom stereocenters. The topological polar surface area (TPSA) is 50.4 Å². The number of nitrogens with one attached hydrogen (secondary N) is 2. The summed E-state index contributed by atoms with van der Waals surface area (Å²) in [7, 11) is 0. The predicted molar refractivity (Wildman–Crippen MR) is 66.7 cm³/mol. The zero-order valence-corrected chi connectivity index (χ0v) is 10.9. The first kappa shape index (κ1) is 12.8. The van der Waals surface area contributed by atoms with Gasteiger partial charge in [-0.2, -0.15) is 0 Å². The molecule has 98 valence electrons. The molecule has 1 amide bonds. The third kappa shape index (κ3) is 2.99. The predicted octanol–water partition coefficient (Wildman–Crippen LogP) is 0.916. The van der Waals surface area contributed by atoms with Gasteiger partial charge in [0.25, 0.3) is 0 Å². The van der Waals surface area contributed by atoms with Gasteiger partial charge in [-0.05, 0) is 24.7 Å². The zero-order chi connectivity index (χ0) is 12.3. The Morgan fingerprint density at radius 3 is 2.88 bits per heavy atom. The van der Waals surface area contributed by atoms with E-state index in [4.69, 9.17) is 4.74 Å². The number of morpholine rings is 1. The molecule has 0 aromatic carbocycles. The number of amides is 1. The molecule has 1 aliphatic carbocycles. The Kier molecular flexibility index (Phi) is 4.40. The lowest BCUT2D eigenvalue weighted by atomic mass is 9.93. The minimum Gasteiger partial charge on any atom is -0.378 e. The van der Waals surface area contributed by atoms with Gasteiger partial charge in [0.05, 0.1) is 13.2 Å². The maximum Gasteiger partial charge on any atom is 0.239 e. The average molecular weight is 240 g/mol. The average Bonchev–Trinajstić information content (AvgIpc) is 2.71. The molecular weight excluding hydrogens is 216 g/mol. The summed E-state index contributed by atoms with van der Waals surface area (Å²) in [5.74, 6) is 1.49. The summed E-state index contributed by atoms with van der Waals surface area (Å²) >= 11 is 0. The smallest absolute Gasteiger partial charge is 0.239 e. The molecule has 1 heterocycles. The Labute approximate surface area is 103 Å². The van der Waals surface area contributed by atoms with Crippen molar-refractivity contribution in [3.63, 3.8) is 0 Å². The molecule has 0 bridgehead atoms. The van der Waals surface area contributed by atoms with Crippen LogP contribution >= 0.6 is 0 Å². The Bertz CT molecular complexity index is 264. The molecule has 2 fully saturated rings. The molecule has 1 saturated carbocycles. The molecule has 17 heavy (non-hydrogen) atoms. The van der Waals surface area contributed by atoms with E-state index < -0.39 is 0 Å². The van der Waals surface area contributed by atoms with Gasteiger partial charge in [0.1, 0.15) is 6.04 Å². The van der Waals surface area contributed by atoms with Crippen molar-refractivity contribution in [3.05, 3.63) is 0 Å². The van der Waals surface area contributed by atoms with Crippen LogP contribution in [-0.4, -0.2) is 37.7 Å². The van der Waals surface area contributed by atoms with Crippen molar-refractivity contribution in [2.75, 3.05) is 19.8 Å². The van der Waals surface area contributed by atoms with Gasteiger partial charge in [0.15, 0.2) is 0 Å². The van der Waals surface area contributed by atoms with Gasteiger partial charge in [-0.15, -0.1) is 0 Å². The Morgan fingerprint density at radius 2 is 2.29 bits per heavy atom. The van der Waals surface area contributed by atoms with E-state index in [-0.39, 0.29) is 11.9 Å². The Morgan fingerprint density at radius 1 is 1.47 bits per heavy atom. The van der Waals surface area contributed by atoms with Crippen LogP contribution < -0.4 is 10.6 Å². The second-order valence-electron chi connectivity index (χ2n) is 5.30. The molecule has 0 aromatic rings. The molecule has 2 aliphatic rings. The Balaban J connectivity index is 1.82. The highest BCUT2D eigenvalue weighted by molar-refractivity contribution is 5.82. The van der Waals surface area contributed by atoms with E-state index in [1.807, 2.05) is 0 Å². The van der Waals surface area contributed by atoms with Gasteiger partial charge in [0, 0.05) is 12.6 Å². The quantitative estimate of drug-likeness (QED) is 0.771. The van der Waals surface area contributed by atoms with Crippen molar-refractivity contribution >= 4 is 5.91 Å². The van der Waals surface area contributed by atoms with Crippen molar-refractivity contribution in [1.82, 2.24) is 10.6 Å². The number of carbonyl (C=O) groups excluding carboxylic acids is 1. The molecule has 0 spiro atoms. The number of carbonyl (C=O) groups is 1. The molecule has 2 N–H and O–H groups in total. The summed E-state index contributed by atoms with van der Waals surface area (Å²) in [5, 5.41) is 6.38. The van der Waals surface area contributed by atoms with Crippen LogP contribution in [-0.2, 0) is 9.53 Å². The molecule has 1 aliphatic heterocycles. The van der Waals surface area contributed by atoms with Crippen LogP contribution in [0.4, 0.5) is 0 Å². The summed E-state index contributed by atoms with van der Waals surface area (Å²) < 4.78 is 5.31. The van der Waals surface area contributed by atoms with Crippen molar-refractivity contribution in [2.24, 2.45) is 11.8 Å². The van der Waals surface area contributed by atoms with Crippen LogP contribution in [0, 0.1) is 11.8 Å². The van der Waals surface area contributed by atoms with E-state index in [0.717, 1.165) is 18.9 Å². The molecule has 4 heteroatoms. The fourth-order valence-electron chi connectivity index (χ4n) is 3.04. The van der Waals surface area contributed by atoms with Crippen molar-refractivity contribution < 1.29 is 9.53 Å². The molecule has 0 aromatic heterocycles. The van der Waals surface area contributed by atoms with Crippen molar-refractivity contribution in [1.29, 1.82) is 0 Å². The highest BCUT2D eigenvalue weighted by Gasteiger charge is 2.34. The van der Waals surface area contributed by atoms with Crippen LogP contribution in [0.25, 0.3) is 0 Å². The number of hydrogen-bond acceptors (Lipinski definition) is 3. The number of ether oxygens (including phenoxy) is 1. The van der Waals surface area contributed by atoms with Crippen LogP contribution in [0.3, 0.4) is 0 Å². The normalized spacial score (nSPS) is 38.0. The summed E-state index contributed by atoms with van der Waals surface area (Å²) in [6.07, 6.45) is 3.59. The van der Waals surface area contributed by atoms with Gasteiger partial charge in [-0.25, -0.2) is 0 Å². The second kappa shape index (κ2) is 5.83. The maximum atomic E-state index is 12.0. The fourth-order valence-corrected chi connectivity index (χ4v) is 3.04. The molecule has 0 radical (unpaired) electrons. The largest absolute Gasteiger partial charge is 0.378 e. The van der Waals surface area contributed by atoms with E-state index in [1.54, 1.807) is 0 Å². The molecule has 4 nitrogen and oxygen atoms in total. The highest BCUT2D eigenvalue weighted by Crippen LogP contribution is 2.33. The minimum absolute atomic E-state index is 0.110. The lowest BCUT2D eigenvalue weighted by Gasteiger charge is -2.26. The van der Waals surface area contributed by atoms with Gasteiger partial charge in [-0.3, -0.25) is 4.79 Å². The monoisotopic (exact) mass is 240 g/mol. The standard InChI is InChI=1S/C13H24N2O2/c1-3-10-4-5-11(9(10)2)15-13(16)12-8-17-7-6-14-12/h9-12,14H,3-8H2,1-2H3,(H,15,16). The van der Waals surface area contributed by atoms with Crippen LogP contribution in [0.15, 0.2) is 0 Å². The SMILES string of the molecule is CCC1CCC(NC(=O)C2COCCN2)C1C. The second-order valence-corrected chi connectivity index (χ2v) is 5.30. The van der Waals surface area contributed by atoms with E-state index >= 15 is 0 Å². The fraction of sp³-hybridized carbons (Fsp3) is 0.923. The lowest BCUT2D eigenvalue weighted by molar-refractivity contribution is -0.126. The molecular formula is C13H24N2O2. The van der Waals surface area contributed by atoms with Crippen molar-refractivity contribution in [3.8, 4) is 0 Å². The Hall–Kier alpha value is -0.610. The molecule has 1 saturated heterocycles. The first-order valence-corrected chi connectivity index (χ1v) is 6.84. The minimum atomic E-state index is -0.156. The van der Waals surface area contributed by atoms with Gasteiger partial charge in [0.2, 0.25) is 5.91 Å². The lowest BCUT2D eigenvalue weighted by Crippen LogP contribution is -2.53. The van der Waals surface area contributed by atoms with Crippen molar-refractivity contribution in [2.45, 2.75) is 45.2 Å².